The van der Waals surface area contributed by atoms with E-state index in [2.05, 4.69) is 10.5 Å². The van der Waals surface area contributed by atoms with Crippen molar-refractivity contribution >= 4 is 0 Å². The number of aromatic hydroxyl groups is 1. The van der Waals surface area contributed by atoms with Gasteiger partial charge in [-0.25, -0.2) is 0 Å². The summed E-state index contributed by atoms with van der Waals surface area (Å²) in [4.78, 5) is 0. The molecule has 0 unspecified atom stereocenters. The molecule has 0 saturated carbocycles. The molecule has 0 fully saturated rings. The van der Waals surface area contributed by atoms with Crippen LogP contribution in [0.2, 0.25) is 0 Å². The van der Waals surface area contributed by atoms with Gasteiger partial charge in [-0.2, -0.15) is 0 Å². The molecule has 0 radical (unpaired) electrons. The standard InChI is InChI=1S/C7H12N2O2/c1-5(2)8-4-6-3-7(10)9-11-6/h3,5,8H,4H2,1-2H3,(H,9,10). The highest BCUT2D eigenvalue weighted by Gasteiger charge is 2.01. The van der Waals surface area contributed by atoms with Crippen LogP contribution < -0.4 is 5.32 Å². The zero-order chi connectivity index (χ0) is 8.27. The van der Waals surface area contributed by atoms with Gasteiger partial charge in [-0.05, 0) is 5.16 Å². The molecule has 0 atom stereocenters. The maximum atomic E-state index is 8.79. The smallest absolute Gasteiger partial charge is 0.251 e. The van der Waals surface area contributed by atoms with Gasteiger partial charge in [0.05, 0.1) is 6.54 Å². The molecular formula is C7H12N2O2. The minimum atomic E-state index is -0.0643. The molecule has 0 aliphatic heterocycles. The van der Waals surface area contributed by atoms with E-state index in [0.29, 0.717) is 18.3 Å². The minimum absolute atomic E-state index is 0.0643. The van der Waals surface area contributed by atoms with Gasteiger partial charge in [0.25, 0.3) is 5.88 Å². The van der Waals surface area contributed by atoms with Crippen molar-refractivity contribution in [2.24, 2.45) is 0 Å². The normalized spacial score (nSPS) is 10.8. The number of aromatic nitrogens is 1. The Labute approximate surface area is 65.2 Å². The van der Waals surface area contributed by atoms with E-state index < -0.39 is 0 Å². The van der Waals surface area contributed by atoms with Gasteiger partial charge in [-0.15, -0.1) is 0 Å². The summed E-state index contributed by atoms with van der Waals surface area (Å²) in [5.74, 6) is 0.585. The minimum Gasteiger partial charge on any atom is -0.491 e. The van der Waals surface area contributed by atoms with Crippen molar-refractivity contribution in [3.8, 4) is 5.88 Å². The maximum Gasteiger partial charge on any atom is 0.251 e. The molecule has 1 rings (SSSR count). The molecule has 1 heterocycles. The summed E-state index contributed by atoms with van der Waals surface area (Å²) in [6.45, 7) is 4.68. The fraction of sp³-hybridized carbons (Fsp3) is 0.571. The van der Waals surface area contributed by atoms with Gasteiger partial charge in [0.2, 0.25) is 0 Å². The summed E-state index contributed by atoms with van der Waals surface area (Å²) in [6, 6.07) is 1.90. The van der Waals surface area contributed by atoms with Crippen LogP contribution in [0.4, 0.5) is 0 Å². The average Bonchev–Trinajstić information content (AvgIpc) is 2.31. The van der Waals surface area contributed by atoms with Crippen LogP contribution in [-0.2, 0) is 6.54 Å². The molecule has 0 aromatic carbocycles. The Kier molecular flexibility index (Phi) is 2.48. The Hall–Kier alpha value is -1.03. The molecule has 0 spiro atoms. The first-order chi connectivity index (χ1) is 5.18. The van der Waals surface area contributed by atoms with Gasteiger partial charge in [0.1, 0.15) is 0 Å². The maximum absolute atomic E-state index is 8.79. The van der Waals surface area contributed by atoms with Crippen molar-refractivity contribution in [2.45, 2.75) is 26.4 Å². The number of nitrogens with zero attached hydrogens (tertiary/aromatic N) is 1. The summed E-state index contributed by atoms with van der Waals surface area (Å²) >= 11 is 0. The Bertz CT molecular complexity index is 220. The van der Waals surface area contributed by atoms with E-state index in [1.807, 2.05) is 13.8 Å². The highest BCUT2D eigenvalue weighted by atomic mass is 16.5. The van der Waals surface area contributed by atoms with Crippen LogP contribution in [0.5, 0.6) is 5.88 Å². The summed E-state index contributed by atoms with van der Waals surface area (Å²) < 4.78 is 4.75. The Morgan fingerprint density at radius 2 is 2.45 bits per heavy atom. The first-order valence-electron chi connectivity index (χ1n) is 3.56. The van der Waals surface area contributed by atoms with Gasteiger partial charge in [-0.1, -0.05) is 13.8 Å². The second-order valence-corrected chi connectivity index (χ2v) is 2.69. The zero-order valence-electron chi connectivity index (χ0n) is 6.66. The molecule has 11 heavy (non-hydrogen) atoms. The van der Waals surface area contributed by atoms with Crippen LogP contribution in [0, 0.1) is 0 Å². The predicted molar refractivity (Wildman–Crippen MR) is 40.1 cm³/mol. The van der Waals surface area contributed by atoms with Crippen LogP contribution in [-0.4, -0.2) is 16.3 Å². The molecule has 0 amide bonds. The van der Waals surface area contributed by atoms with E-state index in [9.17, 15) is 0 Å². The van der Waals surface area contributed by atoms with E-state index >= 15 is 0 Å². The summed E-state index contributed by atoms with van der Waals surface area (Å²) in [5.41, 5.74) is 0. The molecule has 2 N–H and O–H groups in total. The van der Waals surface area contributed by atoms with Crippen LogP contribution in [0.1, 0.15) is 19.6 Å². The monoisotopic (exact) mass is 156 g/mol. The second-order valence-electron chi connectivity index (χ2n) is 2.69. The number of rotatable bonds is 3. The topological polar surface area (TPSA) is 58.3 Å². The molecule has 4 nitrogen and oxygen atoms in total. The van der Waals surface area contributed by atoms with Crippen molar-refractivity contribution in [1.82, 2.24) is 10.5 Å². The number of hydrogen-bond acceptors (Lipinski definition) is 4. The fourth-order valence-corrected chi connectivity index (χ4v) is 0.690. The van der Waals surface area contributed by atoms with E-state index in [-0.39, 0.29) is 5.88 Å². The molecule has 1 aromatic heterocycles. The molecule has 0 aliphatic rings. The Morgan fingerprint density at radius 3 is 2.91 bits per heavy atom. The quantitative estimate of drug-likeness (QED) is 0.682. The van der Waals surface area contributed by atoms with Crippen molar-refractivity contribution < 1.29 is 9.63 Å². The number of nitrogens with one attached hydrogen (secondary N) is 1. The van der Waals surface area contributed by atoms with Gasteiger partial charge >= 0.3 is 0 Å². The first kappa shape index (κ1) is 8.07. The second kappa shape index (κ2) is 3.39. The van der Waals surface area contributed by atoms with Gasteiger partial charge in [-0.3, -0.25) is 0 Å². The third kappa shape index (κ3) is 2.59. The lowest BCUT2D eigenvalue weighted by Crippen LogP contribution is -2.21. The molecule has 4 heteroatoms. The Morgan fingerprint density at radius 1 is 1.73 bits per heavy atom. The first-order valence-corrected chi connectivity index (χ1v) is 3.56. The van der Waals surface area contributed by atoms with E-state index in [1.54, 1.807) is 0 Å². The van der Waals surface area contributed by atoms with Crippen LogP contribution >= 0.6 is 0 Å². The van der Waals surface area contributed by atoms with Gasteiger partial charge < -0.3 is 14.9 Å². The fourth-order valence-electron chi connectivity index (χ4n) is 0.690. The molecular weight excluding hydrogens is 144 g/mol. The van der Waals surface area contributed by atoms with Crippen molar-refractivity contribution in [3.05, 3.63) is 11.8 Å². The summed E-state index contributed by atoms with van der Waals surface area (Å²) in [7, 11) is 0. The lowest BCUT2D eigenvalue weighted by atomic mass is 10.3. The SMILES string of the molecule is CC(C)NCc1cc(O)no1. The third-order valence-electron chi connectivity index (χ3n) is 1.23. The highest BCUT2D eigenvalue weighted by molar-refractivity contribution is 5.08. The molecule has 1 aromatic rings. The van der Waals surface area contributed by atoms with Crippen molar-refractivity contribution in [2.75, 3.05) is 0 Å². The average molecular weight is 156 g/mol. The van der Waals surface area contributed by atoms with Gasteiger partial charge in [0, 0.05) is 12.1 Å². The molecule has 0 bridgehead atoms. The largest absolute Gasteiger partial charge is 0.491 e. The van der Waals surface area contributed by atoms with Crippen LogP contribution in [0.3, 0.4) is 0 Å². The molecule has 62 valence electrons. The van der Waals surface area contributed by atoms with Crippen molar-refractivity contribution in [3.63, 3.8) is 0 Å². The van der Waals surface area contributed by atoms with E-state index in [4.69, 9.17) is 9.63 Å². The summed E-state index contributed by atoms with van der Waals surface area (Å²) in [5, 5.41) is 15.3. The summed E-state index contributed by atoms with van der Waals surface area (Å²) in [6.07, 6.45) is 0. The van der Waals surface area contributed by atoms with E-state index in [1.165, 1.54) is 6.07 Å². The van der Waals surface area contributed by atoms with Crippen LogP contribution in [0.25, 0.3) is 0 Å². The number of hydrogen-bond donors (Lipinski definition) is 2. The van der Waals surface area contributed by atoms with E-state index in [0.717, 1.165) is 0 Å². The van der Waals surface area contributed by atoms with Gasteiger partial charge in [0.15, 0.2) is 5.76 Å². The molecule has 0 saturated heterocycles. The lowest BCUT2D eigenvalue weighted by molar-refractivity contribution is 0.333. The highest BCUT2D eigenvalue weighted by Crippen LogP contribution is 2.07. The van der Waals surface area contributed by atoms with Crippen molar-refractivity contribution in [1.29, 1.82) is 0 Å². The third-order valence-corrected chi connectivity index (χ3v) is 1.23. The van der Waals surface area contributed by atoms with Crippen LogP contribution in [0.15, 0.2) is 10.6 Å². The molecule has 0 aliphatic carbocycles. The lowest BCUT2D eigenvalue weighted by Gasteiger charge is -2.03. The zero-order valence-corrected chi connectivity index (χ0v) is 6.66. The predicted octanol–water partition coefficient (Wildman–Crippen LogP) is 0.878. The Balaban J connectivity index is 2.39.